The summed E-state index contributed by atoms with van der Waals surface area (Å²) >= 11 is 0. The first-order chi connectivity index (χ1) is 6.36. The van der Waals surface area contributed by atoms with Gasteiger partial charge in [-0.15, -0.1) is 0 Å². The maximum atomic E-state index is 3.61. The molecule has 1 unspecified atom stereocenters. The standard InChI is InChI=1S/C11H20N2/c1-13-8-4-5-10(9-13)11-6-2-3-7-12-11/h9,11-12H,2-8H2,1H3. The highest BCUT2D eigenvalue weighted by atomic mass is 15.1. The summed E-state index contributed by atoms with van der Waals surface area (Å²) in [6, 6.07) is 0.691. The molecule has 2 rings (SSSR count). The lowest BCUT2D eigenvalue weighted by atomic mass is 9.93. The highest BCUT2D eigenvalue weighted by Crippen LogP contribution is 2.22. The molecule has 1 N–H and O–H groups in total. The Hall–Kier alpha value is -0.500. The van der Waals surface area contributed by atoms with Crippen LogP contribution in [-0.4, -0.2) is 31.1 Å². The molecule has 0 aromatic rings. The first-order valence-electron chi connectivity index (χ1n) is 5.50. The molecule has 0 radical (unpaired) electrons. The van der Waals surface area contributed by atoms with Crippen molar-refractivity contribution in [1.29, 1.82) is 0 Å². The van der Waals surface area contributed by atoms with Gasteiger partial charge in [-0.2, -0.15) is 0 Å². The molecule has 1 fully saturated rings. The van der Waals surface area contributed by atoms with Gasteiger partial charge in [0.05, 0.1) is 0 Å². The molecule has 2 heterocycles. The predicted octanol–water partition coefficient (Wildman–Crippen LogP) is 1.74. The molecule has 1 saturated heterocycles. The second-order valence-electron chi connectivity index (χ2n) is 4.29. The minimum absolute atomic E-state index is 0.691. The number of hydrogen-bond donors (Lipinski definition) is 1. The van der Waals surface area contributed by atoms with E-state index in [0.29, 0.717) is 6.04 Å². The first kappa shape index (κ1) is 9.07. The van der Waals surface area contributed by atoms with Gasteiger partial charge in [0, 0.05) is 19.6 Å². The van der Waals surface area contributed by atoms with Gasteiger partial charge in [-0.3, -0.25) is 0 Å². The average Bonchev–Trinajstić information content (AvgIpc) is 2.19. The van der Waals surface area contributed by atoms with Crippen LogP contribution >= 0.6 is 0 Å². The molecule has 2 aliphatic rings. The van der Waals surface area contributed by atoms with Gasteiger partial charge in [0.1, 0.15) is 0 Å². The zero-order valence-corrected chi connectivity index (χ0v) is 8.55. The lowest BCUT2D eigenvalue weighted by Gasteiger charge is -2.31. The van der Waals surface area contributed by atoms with E-state index in [0.717, 1.165) is 0 Å². The second-order valence-corrected chi connectivity index (χ2v) is 4.29. The quantitative estimate of drug-likeness (QED) is 0.661. The fourth-order valence-corrected chi connectivity index (χ4v) is 2.38. The van der Waals surface area contributed by atoms with Crippen molar-refractivity contribution in [2.24, 2.45) is 0 Å². The highest BCUT2D eigenvalue weighted by Gasteiger charge is 2.19. The van der Waals surface area contributed by atoms with Crippen LogP contribution in [0.25, 0.3) is 0 Å². The van der Waals surface area contributed by atoms with Gasteiger partial charge in [0.2, 0.25) is 0 Å². The summed E-state index contributed by atoms with van der Waals surface area (Å²) in [6.45, 7) is 2.45. The third-order valence-electron chi connectivity index (χ3n) is 3.12. The van der Waals surface area contributed by atoms with Crippen LogP contribution in [0.1, 0.15) is 32.1 Å². The summed E-state index contributed by atoms with van der Waals surface area (Å²) in [5.74, 6) is 0. The molecule has 2 nitrogen and oxygen atoms in total. The van der Waals surface area contributed by atoms with Crippen LogP contribution in [-0.2, 0) is 0 Å². The van der Waals surface area contributed by atoms with Crippen LogP contribution in [0.5, 0.6) is 0 Å². The first-order valence-corrected chi connectivity index (χ1v) is 5.50. The van der Waals surface area contributed by atoms with Crippen molar-refractivity contribution in [1.82, 2.24) is 10.2 Å². The van der Waals surface area contributed by atoms with E-state index >= 15 is 0 Å². The molecule has 0 saturated carbocycles. The number of rotatable bonds is 1. The molecule has 2 heteroatoms. The second kappa shape index (κ2) is 4.14. The third-order valence-corrected chi connectivity index (χ3v) is 3.12. The van der Waals surface area contributed by atoms with Crippen molar-refractivity contribution in [3.05, 3.63) is 11.8 Å². The molecule has 2 aliphatic heterocycles. The van der Waals surface area contributed by atoms with Crippen LogP contribution in [0.2, 0.25) is 0 Å². The van der Waals surface area contributed by atoms with Crippen molar-refractivity contribution in [3.63, 3.8) is 0 Å². The molecule has 13 heavy (non-hydrogen) atoms. The van der Waals surface area contributed by atoms with E-state index in [9.17, 15) is 0 Å². The van der Waals surface area contributed by atoms with Crippen molar-refractivity contribution in [3.8, 4) is 0 Å². The Balaban J connectivity index is 1.97. The maximum absolute atomic E-state index is 3.61. The topological polar surface area (TPSA) is 15.3 Å². The molecule has 0 aromatic carbocycles. The molecule has 74 valence electrons. The van der Waals surface area contributed by atoms with Gasteiger partial charge in [-0.1, -0.05) is 6.42 Å². The smallest absolute Gasteiger partial charge is 0.0296 e. The summed E-state index contributed by atoms with van der Waals surface area (Å²) in [4.78, 5) is 2.33. The van der Waals surface area contributed by atoms with E-state index in [-0.39, 0.29) is 0 Å². The predicted molar refractivity (Wildman–Crippen MR) is 55.6 cm³/mol. The molecular weight excluding hydrogens is 160 g/mol. The van der Waals surface area contributed by atoms with Crippen LogP contribution in [0.15, 0.2) is 11.8 Å². The van der Waals surface area contributed by atoms with E-state index in [4.69, 9.17) is 0 Å². The van der Waals surface area contributed by atoms with E-state index in [1.807, 2.05) is 0 Å². The van der Waals surface area contributed by atoms with Crippen LogP contribution in [0.4, 0.5) is 0 Å². The molecule has 0 aromatic heterocycles. The maximum Gasteiger partial charge on any atom is 0.0296 e. The van der Waals surface area contributed by atoms with Gasteiger partial charge in [0.15, 0.2) is 0 Å². The van der Waals surface area contributed by atoms with Crippen LogP contribution < -0.4 is 5.32 Å². The largest absolute Gasteiger partial charge is 0.380 e. The van der Waals surface area contributed by atoms with Gasteiger partial charge in [-0.25, -0.2) is 0 Å². The zero-order valence-electron chi connectivity index (χ0n) is 8.55. The summed E-state index contributed by atoms with van der Waals surface area (Å²) in [5, 5.41) is 3.61. The van der Waals surface area contributed by atoms with E-state index < -0.39 is 0 Å². The Morgan fingerprint density at radius 2 is 2.31 bits per heavy atom. The monoisotopic (exact) mass is 180 g/mol. The van der Waals surface area contributed by atoms with Crippen molar-refractivity contribution < 1.29 is 0 Å². The zero-order chi connectivity index (χ0) is 9.10. The summed E-state index contributed by atoms with van der Waals surface area (Å²) in [5.41, 5.74) is 1.63. The van der Waals surface area contributed by atoms with Gasteiger partial charge < -0.3 is 10.2 Å². The Bertz CT molecular complexity index is 192. The minimum atomic E-state index is 0.691. The Labute approximate surface area is 81.0 Å². The van der Waals surface area contributed by atoms with Gasteiger partial charge in [-0.05, 0) is 44.0 Å². The van der Waals surface area contributed by atoms with Crippen molar-refractivity contribution in [2.75, 3.05) is 20.1 Å². The van der Waals surface area contributed by atoms with Gasteiger partial charge >= 0.3 is 0 Å². The molecular formula is C11H20N2. The molecule has 0 aliphatic carbocycles. The lowest BCUT2D eigenvalue weighted by molar-refractivity contribution is 0.372. The molecule has 0 amide bonds. The molecule has 1 atom stereocenters. The van der Waals surface area contributed by atoms with Crippen LogP contribution in [0.3, 0.4) is 0 Å². The van der Waals surface area contributed by atoms with Crippen molar-refractivity contribution in [2.45, 2.75) is 38.1 Å². The number of nitrogens with zero attached hydrogens (tertiary/aromatic N) is 1. The summed E-state index contributed by atoms with van der Waals surface area (Å²) < 4.78 is 0. The third kappa shape index (κ3) is 2.25. The highest BCUT2D eigenvalue weighted by molar-refractivity contribution is 5.13. The van der Waals surface area contributed by atoms with Gasteiger partial charge in [0.25, 0.3) is 0 Å². The summed E-state index contributed by atoms with van der Waals surface area (Å²) in [7, 11) is 2.18. The minimum Gasteiger partial charge on any atom is -0.380 e. The normalized spacial score (nSPS) is 30.1. The fourth-order valence-electron chi connectivity index (χ4n) is 2.38. The number of hydrogen-bond acceptors (Lipinski definition) is 2. The number of nitrogens with one attached hydrogen (secondary N) is 1. The van der Waals surface area contributed by atoms with E-state index in [1.165, 1.54) is 45.2 Å². The van der Waals surface area contributed by atoms with Crippen LogP contribution in [0, 0.1) is 0 Å². The average molecular weight is 180 g/mol. The Morgan fingerprint density at radius 1 is 1.38 bits per heavy atom. The lowest BCUT2D eigenvalue weighted by Crippen LogP contribution is -2.37. The molecule has 0 spiro atoms. The SMILES string of the molecule is CN1C=C(C2CCCCN2)CCC1. The van der Waals surface area contributed by atoms with E-state index in [1.54, 1.807) is 5.57 Å². The number of piperidine rings is 1. The Kier molecular flexibility index (Phi) is 2.89. The van der Waals surface area contributed by atoms with E-state index in [2.05, 4.69) is 23.5 Å². The van der Waals surface area contributed by atoms with Crippen molar-refractivity contribution >= 4 is 0 Å². The Morgan fingerprint density at radius 3 is 3.00 bits per heavy atom. The fraction of sp³-hybridized carbons (Fsp3) is 0.818. The molecule has 0 bridgehead atoms. The summed E-state index contributed by atoms with van der Waals surface area (Å²) in [6.07, 6.45) is 9.10.